The molecule has 0 nitrogen and oxygen atoms in total. The van der Waals surface area contributed by atoms with Gasteiger partial charge in [-0.25, -0.2) is 0 Å². The van der Waals surface area contributed by atoms with E-state index in [9.17, 15) is 0 Å². The second-order valence-electron chi connectivity index (χ2n) is 5.29. The summed E-state index contributed by atoms with van der Waals surface area (Å²) in [5.41, 5.74) is 0. The van der Waals surface area contributed by atoms with Gasteiger partial charge < -0.3 is 0 Å². The zero-order valence-corrected chi connectivity index (χ0v) is 21.8. The molecule has 0 amide bonds. The van der Waals surface area contributed by atoms with Crippen LogP contribution in [0.4, 0.5) is 0 Å². The summed E-state index contributed by atoms with van der Waals surface area (Å²) in [6.07, 6.45) is 15.2. The molecule has 0 N–H and O–H groups in total. The Morgan fingerprint density at radius 2 is 0.526 bits per heavy atom. The summed E-state index contributed by atoms with van der Waals surface area (Å²) in [5, 5.41) is 0. The van der Waals surface area contributed by atoms with Crippen LogP contribution in [0.2, 0.25) is 26.2 Å². The Morgan fingerprint density at radius 3 is 0.579 bits per heavy atom. The van der Waals surface area contributed by atoms with E-state index in [2.05, 4.69) is 69.8 Å². The van der Waals surface area contributed by atoms with Crippen molar-refractivity contribution in [3.05, 3.63) is 0 Å². The van der Waals surface area contributed by atoms with Crippen molar-refractivity contribution < 1.29 is 22.4 Å². The van der Waals surface area contributed by atoms with Crippen LogP contribution in [0.1, 0.15) is 64.2 Å². The van der Waals surface area contributed by atoms with Crippen LogP contribution >= 0.6 is 43.6 Å². The first-order valence-corrected chi connectivity index (χ1v) is 18.6. The van der Waals surface area contributed by atoms with Crippen LogP contribution in [-0.4, -0.2) is 12.6 Å². The van der Waals surface area contributed by atoms with Gasteiger partial charge in [-0.1, -0.05) is 90.4 Å². The normalized spacial score (nSPS) is 16.4. The molecule has 2 saturated carbocycles. The van der Waals surface area contributed by atoms with Crippen molar-refractivity contribution in [2.45, 2.75) is 90.4 Å². The van der Waals surface area contributed by atoms with Gasteiger partial charge in [-0.05, 0) is 0 Å². The molecule has 2 aliphatic carbocycles. The van der Waals surface area contributed by atoms with Crippen LogP contribution in [0.5, 0.6) is 0 Å². The smallest absolute Gasteiger partial charge is 0.122 e. The van der Waals surface area contributed by atoms with Gasteiger partial charge in [0.05, 0.1) is 0 Å². The third-order valence-corrected chi connectivity index (χ3v) is 2.50. The SMILES string of the molecule is C1CCCC1.C1CCCC1.C[Si](C)I.C[Si](C)I.[Nb+2]. The van der Waals surface area contributed by atoms with Crippen LogP contribution in [0.3, 0.4) is 0 Å². The molecule has 0 bridgehead atoms. The molecule has 0 saturated heterocycles. The van der Waals surface area contributed by atoms with Crippen LogP contribution in [0.25, 0.3) is 0 Å². The third kappa shape index (κ3) is 44.9. The van der Waals surface area contributed by atoms with E-state index in [1.807, 2.05) is 0 Å². The van der Waals surface area contributed by atoms with Crippen molar-refractivity contribution in [3.8, 4) is 0 Å². The first kappa shape index (κ1) is 26.5. The number of hydrogen-bond acceptors (Lipinski definition) is 0. The van der Waals surface area contributed by atoms with E-state index in [0.717, 1.165) is 0 Å². The number of hydrogen-bond donors (Lipinski definition) is 0. The van der Waals surface area contributed by atoms with Crippen molar-refractivity contribution in [1.29, 1.82) is 0 Å². The summed E-state index contributed by atoms with van der Waals surface area (Å²) in [6.45, 7) is 9.02. The van der Waals surface area contributed by atoms with Gasteiger partial charge in [-0.15, -0.1) is 43.6 Å². The van der Waals surface area contributed by atoms with Crippen LogP contribution in [0.15, 0.2) is 0 Å². The zero-order valence-electron chi connectivity index (χ0n) is 13.3. The Kier molecular flexibility index (Phi) is 32.0. The summed E-state index contributed by atoms with van der Waals surface area (Å²) in [4.78, 5) is 0. The molecule has 5 heteroatoms. The average molecular weight is 603 g/mol. The molecule has 2 aliphatic rings. The Hall–Kier alpha value is 2.63. The van der Waals surface area contributed by atoms with E-state index in [-0.39, 0.29) is 35.0 Å². The Labute approximate surface area is 167 Å². The summed E-state index contributed by atoms with van der Waals surface area (Å²) < 4.78 is 0. The summed E-state index contributed by atoms with van der Waals surface area (Å²) in [6, 6.07) is 0. The average Bonchev–Trinajstić information content (AvgIpc) is 2.96. The summed E-state index contributed by atoms with van der Waals surface area (Å²) in [7, 11) is 0. The van der Waals surface area contributed by atoms with E-state index < -0.39 is 0 Å². The fourth-order valence-corrected chi connectivity index (χ4v) is 1.77. The second kappa shape index (κ2) is 22.9. The minimum Gasteiger partial charge on any atom is -0.122 e. The maximum absolute atomic E-state index is 2.45. The molecule has 0 heterocycles. The summed E-state index contributed by atoms with van der Waals surface area (Å²) >= 11 is 4.89. The topological polar surface area (TPSA) is 0 Å². The van der Waals surface area contributed by atoms with E-state index in [1.165, 1.54) is 64.2 Å². The van der Waals surface area contributed by atoms with Crippen LogP contribution in [0, 0.1) is 0 Å². The fourth-order valence-electron chi connectivity index (χ4n) is 1.77. The standard InChI is InChI=1S/2C5H10.2C2H6ISi.Nb/c2*1-2-4-5-3-1;2*1-4(2)3;/h2*1-5H2;2*1-2H3;/q;;;;+2. The first-order valence-electron chi connectivity index (χ1n) is 7.38. The van der Waals surface area contributed by atoms with Crippen LogP contribution in [-0.2, 0) is 22.4 Å². The van der Waals surface area contributed by atoms with Gasteiger partial charge in [0.15, 0.2) is 0 Å². The molecule has 0 aliphatic heterocycles. The van der Waals surface area contributed by atoms with E-state index in [4.69, 9.17) is 0 Å². The molecule has 0 unspecified atom stereocenters. The molecule has 2 fully saturated rings. The van der Waals surface area contributed by atoms with Gasteiger partial charge in [0.1, 0.15) is 12.6 Å². The molecule has 19 heavy (non-hydrogen) atoms. The quantitative estimate of drug-likeness (QED) is 0.156. The molecular formula is C14H32I2NbSi2+2. The van der Waals surface area contributed by atoms with Gasteiger partial charge >= 0.3 is 22.4 Å². The van der Waals surface area contributed by atoms with Crippen LogP contribution < -0.4 is 0 Å². The Bertz CT molecular complexity index is 103. The van der Waals surface area contributed by atoms with Gasteiger partial charge in [0.2, 0.25) is 0 Å². The fraction of sp³-hybridized carbons (Fsp3) is 1.00. The second-order valence-corrected chi connectivity index (χ2v) is 21.7. The largest absolute Gasteiger partial charge is 2.00 e. The van der Waals surface area contributed by atoms with E-state index >= 15 is 0 Å². The Balaban J connectivity index is -0.000000178. The van der Waals surface area contributed by atoms with Gasteiger partial charge in [-0.2, -0.15) is 0 Å². The predicted molar refractivity (Wildman–Crippen MR) is 109 cm³/mol. The van der Waals surface area contributed by atoms with Crippen molar-refractivity contribution in [2.75, 3.05) is 0 Å². The van der Waals surface area contributed by atoms with Gasteiger partial charge in [0.25, 0.3) is 0 Å². The van der Waals surface area contributed by atoms with Crippen molar-refractivity contribution in [2.24, 2.45) is 0 Å². The molecule has 0 aromatic rings. The minimum atomic E-state index is 0. The minimum absolute atomic E-state index is 0. The number of halogens is 2. The predicted octanol–water partition coefficient (Wildman–Crippen LogP) is 7.24. The molecule has 3 radical (unpaired) electrons. The molecular weight excluding hydrogens is 571 g/mol. The first-order chi connectivity index (χ1) is 8.46. The third-order valence-electron chi connectivity index (χ3n) is 2.50. The van der Waals surface area contributed by atoms with Gasteiger partial charge in [-0.3, -0.25) is 0 Å². The maximum atomic E-state index is 2.45. The number of rotatable bonds is 0. The zero-order chi connectivity index (χ0) is 14.2. The van der Waals surface area contributed by atoms with Crippen molar-refractivity contribution >= 4 is 56.2 Å². The van der Waals surface area contributed by atoms with E-state index in [1.54, 1.807) is 0 Å². The monoisotopic (exact) mass is 603 g/mol. The molecule has 2 rings (SSSR count). The Morgan fingerprint density at radius 1 is 0.474 bits per heavy atom. The molecule has 0 aromatic heterocycles. The van der Waals surface area contributed by atoms with Crippen molar-refractivity contribution in [3.63, 3.8) is 0 Å². The maximum Gasteiger partial charge on any atom is 2.00 e. The molecule has 0 spiro atoms. The van der Waals surface area contributed by atoms with E-state index in [0.29, 0.717) is 0 Å². The molecule has 0 atom stereocenters. The molecule has 0 aromatic carbocycles. The summed E-state index contributed by atoms with van der Waals surface area (Å²) in [5.74, 6) is 0. The van der Waals surface area contributed by atoms with Gasteiger partial charge in [0, 0.05) is 0 Å². The van der Waals surface area contributed by atoms with Crippen molar-refractivity contribution in [1.82, 2.24) is 0 Å². The molecule has 113 valence electrons.